The van der Waals surface area contributed by atoms with E-state index in [9.17, 15) is 9.59 Å². The first kappa shape index (κ1) is 17.0. The third-order valence-electron chi connectivity index (χ3n) is 4.07. The molecule has 2 aliphatic rings. The second-order valence-electron chi connectivity index (χ2n) is 6.23. The monoisotopic (exact) mass is 324 g/mol. The molecule has 2 rings (SSSR count). The Kier molecular flexibility index (Phi) is 5.24. The quantitative estimate of drug-likeness (QED) is 0.786. The second kappa shape index (κ2) is 6.80. The Morgan fingerprint density at radius 3 is 2.45 bits per heavy atom. The molecule has 1 N–H and O–H groups in total. The molecule has 0 saturated heterocycles. The molecule has 22 heavy (non-hydrogen) atoms. The molecule has 3 unspecified atom stereocenters. The largest absolute Gasteiger partial charge is 0.479 e. The second-order valence-corrected chi connectivity index (χ2v) is 6.67. The molecule has 0 aromatic heterocycles. The van der Waals surface area contributed by atoms with Gasteiger partial charge in [-0.05, 0) is 39.2 Å². The van der Waals surface area contributed by atoms with Crippen LogP contribution in [-0.2, 0) is 14.3 Å². The minimum absolute atomic E-state index is 0.120. The van der Waals surface area contributed by atoms with Gasteiger partial charge in [0, 0.05) is 16.9 Å². The third kappa shape index (κ3) is 4.08. The van der Waals surface area contributed by atoms with Crippen LogP contribution < -0.4 is 0 Å². The van der Waals surface area contributed by atoms with Crippen molar-refractivity contribution in [2.75, 3.05) is 0 Å². The first-order chi connectivity index (χ1) is 10.3. The fraction of sp³-hybridized carbons (Fsp3) is 0.529. The molecule has 0 aliphatic heterocycles. The summed E-state index contributed by atoms with van der Waals surface area (Å²) in [4.78, 5) is 23.5. The Hall–Kier alpha value is -1.39. The molecule has 0 heterocycles. The Morgan fingerprint density at radius 2 is 1.95 bits per heavy atom. The van der Waals surface area contributed by atoms with E-state index in [-0.39, 0.29) is 23.7 Å². The number of carbonyl (C=O) groups excluding carboxylic acids is 1. The highest BCUT2D eigenvalue weighted by Gasteiger charge is 2.33. The minimum Gasteiger partial charge on any atom is -0.479 e. The van der Waals surface area contributed by atoms with Gasteiger partial charge in [-0.25, -0.2) is 4.79 Å². The molecule has 5 heteroatoms. The number of Topliss-reactive ketones (excluding diaryl/α,β-unsaturated/α-hetero) is 1. The number of hydrogen-bond donors (Lipinski definition) is 1. The van der Waals surface area contributed by atoms with Crippen molar-refractivity contribution in [3.8, 4) is 0 Å². The zero-order chi connectivity index (χ0) is 16.3. The van der Waals surface area contributed by atoms with Crippen LogP contribution >= 0.6 is 11.6 Å². The predicted octanol–water partition coefficient (Wildman–Crippen LogP) is 3.47. The SMILES string of the molecule is CC(C)(OC1C=CC(C(=O)C2C=CC(Cl)=CC2)CC1)C(=O)O. The summed E-state index contributed by atoms with van der Waals surface area (Å²) in [5.41, 5.74) is -1.22. The molecule has 0 bridgehead atoms. The van der Waals surface area contributed by atoms with Crippen LogP contribution in [-0.4, -0.2) is 28.6 Å². The summed E-state index contributed by atoms with van der Waals surface area (Å²) >= 11 is 5.86. The molecule has 0 aromatic carbocycles. The molecule has 4 nitrogen and oxygen atoms in total. The van der Waals surface area contributed by atoms with Crippen molar-refractivity contribution in [2.24, 2.45) is 11.8 Å². The number of carboxylic acids is 1. The number of carboxylic acid groups (broad SMARTS) is 1. The van der Waals surface area contributed by atoms with Gasteiger partial charge in [0.2, 0.25) is 0 Å². The topological polar surface area (TPSA) is 63.6 Å². The number of carbonyl (C=O) groups is 2. The normalized spacial score (nSPS) is 28.3. The molecule has 0 fully saturated rings. The van der Waals surface area contributed by atoms with Crippen LogP contribution in [0.5, 0.6) is 0 Å². The number of aliphatic carboxylic acids is 1. The standard InChI is InChI=1S/C17H21ClO4/c1-17(2,16(20)21)22-14-9-5-12(6-10-14)15(19)11-3-7-13(18)8-4-11/h3,5,7-9,11-12,14H,4,6,10H2,1-2H3,(H,20,21). The van der Waals surface area contributed by atoms with E-state index in [2.05, 4.69) is 0 Å². The highest BCUT2D eigenvalue weighted by atomic mass is 35.5. The lowest BCUT2D eigenvalue weighted by Gasteiger charge is -2.29. The van der Waals surface area contributed by atoms with Gasteiger partial charge in [0.25, 0.3) is 0 Å². The van der Waals surface area contributed by atoms with Gasteiger partial charge in [0.1, 0.15) is 5.78 Å². The lowest BCUT2D eigenvalue weighted by molar-refractivity contribution is -0.166. The average Bonchev–Trinajstić information content (AvgIpc) is 2.47. The Labute approximate surface area is 135 Å². The summed E-state index contributed by atoms with van der Waals surface area (Å²) in [5, 5.41) is 9.75. The Balaban J connectivity index is 1.93. The maximum Gasteiger partial charge on any atom is 0.335 e. The lowest BCUT2D eigenvalue weighted by Crippen LogP contribution is -2.39. The van der Waals surface area contributed by atoms with Crippen LogP contribution in [0, 0.1) is 11.8 Å². The lowest BCUT2D eigenvalue weighted by atomic mass is 9.82. The first-order valence-electron chi connectivity index (χ1n) is 7.47. The number of rotatable bonds is 5. The highest BCUT2D eigenvalue weighted by molar-refractivity contribution is 6.31. The number of hydrogen-bond acceptors (Lipinski definition) is 3. The van der Waals surface area contributed by atoms with Crippen LogP contribution in [0.2, 0.25) is 0 Å². The van der Waals surface area contributed by atoms with E-state index >= 15 is 0 Å². The van der Waals surface area contributed by atoms with E-state index in [0.29, 0.717) is 24.3 Å². The van der Waals surface area contributed by atoms with Crippen LogP contribution in [0.3, 0.4) is 0 Å². The molecule has 0 aromatic rings. The fourth-order valence-electron chi connectivity index (χ4n) is 2.64. The zero-order valence-corrected chi connectivity index (χ0v) is 13.5. The van der Waals surface area contributed by atoms with Gasteiger partial charge in [-0.15, -0.1) is 0 Å². The minimum atomic E-state index is -1.22. The molecule has 0 amide bonds. The number of ether oxygens (including phenoxy) is 1. The van der Waals surface area contributed by atoms with Gasteiger partial charge < -0.3 is 9.84 Å². The van der Waals surface area contributed by atoms with Gasteiger partial charge >= 0.3 is 5.97 Å². The summed E-state index contributed by atoms with van der Waals surface area (Å²) in [6.07, 6.45) is 10.9. The van der Waals surface area contributed by atoms with Crippen molar-refractivity contribution in [1.82, 2.24) is 0 Å². The van der Waals surface area contributed by atoms with Gasteiger partial charge in [0.05, 0.1) is 6.10 Å². The van der Waals surface area contributed by atoms with E-state index in [1.807, 2.05) is 24.3 Å². The van der Waals surface area contributed by atoms with Crippen molar-refractivity contribution in [3.63, 3.8) is 0 Å². The molecular formula is C17H21ClO4. The van der Waals surface area contributed by atoms with E-state index in [1.165, 1.54) is 13.8 Å². The summed E-state index contributed by atoms with van der Waals surface area (Å²) in [7, 11) is 0. The molecule has 0 radical (unpaired) electrons. The number of ketones is 1. The average molecular weight is 325 g/mol. The van der Waals surface area contributed by atoms with Gasteiger partial charge in [0.15, 0.2) is 5.60 Å². The van der Waals surface area contributed by atoms with E-state index in [4.69, 9.17) is 21.4 Å². The molecule has 120 valence electrons. The van der Waals surface area contributed by atoms with Crippen molar-refractivity contribution in [2.45, 2.75) is 44.8 Å². The van der Waals surface area contributed by atoms with Gasteiger partial charge in [-0.1, -0.05) is 35.9 Å². The zero-order valence-electron chi connectivity index (χ0n) is 12.8. The predicted molar refractivity (Wildman–Crippen MR) is 84.6 cm³/mol. The molecule has 0 spiro atoms. The van der Waals surface area contributed by atoms with Crippen LogP contribution in [0.1, 0.15) is 33.1 Å². The van der Waals surface area contributed by atoms with Crippen molar-refractivity contribution in [1.29, 1.82) is 0 Å². The fourth-order valence-corrected chi connectivity index (χ4v) is 2.80. The van der Waals surface area contributed by atoms with Crippen molar-refractivity contribution < 1.29 is 19.4 Å². The van der Waals surface area contributed by atoms with E-state index in [0.717, 1.165) is 0 Å². The summed E-state index contributed by atoms with van der Waals surface area (Å²) in [6, 6.07) is 0. The van der Waals surface area contributed by atoms with Crippen molar-refractivity contribution in [3.05, 3.63) is 35.4 Å². The molecule has 3 atom stereocenters. The van der Waals surface area contributed by atoms with Crippen LogP contribution in [0.4, 0.5) is 0 Å². The Bertz CT molecular complexity index is 545. The van der Waals surface area contributed by atoms with Crippen LogP contribution in [0.15, 0.2) is 35.4 Å². The first-order valence-corrected chi connectivity index (χ1v) is 7.84. The number of halogens is 1. The maximum absolute atomic E-state index is 12.5. The van der Waals surface area contributed by atoms with Crippen molar-refractivity contribution >= 4 is 23.4 Å². The summed E-state index contributed by atoms with van der Waals surface area (Å²) in [5.74, 6) is -1.06. The van der Waals surface area contributed by atoms with E-state index < -0.39 is 11.6 Å². The molecular weight excluding hydrogens is 304 g/mol. The Morgan fingerprint density at radius 1 is 1.23 bits per heavy atom. The van der Waals surface area contributed by atoms with E-state index in [1.54, 1.807) is 6.08 Å². The van der Waals surface area contributed by atoms with Gasteiger partial charge in [-0.2, -0.15) is 0 Å². The number of allylic oxidation sites excluding steroid dienone is 5. The molecule has 2 aliphatic carbocycles. The summed E-state index contributed by atoms with van der Waals surface area (Å²) < 4.78 is 5.59. The van der Waals surface area contributed by atoms with Gasteiger partial charge in [-0.3, -0.25) is 4.79 Å². The third-order valence-corrected chi connectivity index (χ3v) is 4.35. The smallest absolute Gasteiger partial charge is 0.335 e. The summed E-state index contributed by atoms with van der Waals surface area (Å²) in [6.45, 7) is 3.06. The molecule has 0 saturated carbocycles. The highest BCUT2D eigenvalue weighted by Crippen LogP contribution is 2.29. The maximum atomic E-state index is 12.5. The van der Waals surface area contributed by atoms with Crippen LogP contribution in [0.25, 0.3) is 0 Å².